The topological polar surface area (TPSA) is 64.4 Å². The van der Waals surface area contributed by atoms with Gasteiger partial charge in [-0.05, 0) is 6.92 Å². The lowest BCUT2D eigenvalue weighted by atomic mass is 10.7. The lowest BCUT2D eigenvalue weighted by Crippen LogP contribution is -2.07. The third-order valence-electron chi connectivity index (χ3n) is 0.204. The molecule has 0 spiro atoms. The molecule has 0 aromatic rings. The highest BCUT2D eigenvalue weighted by atomic mass is 15.1. The Morgan fingerprint density at radius 2 is 2.00 bits per heavy atom. The molecule has 0 radical (unpaired) electrons. The van der Waals surface area contributed by atoms with Gasteiger partial charge in [0.25, 0.3) is 0 Å². The molecule has 3 nitrogen and oxygen atoms in total. The maximum absolute atomic E-state index is 4.92. The predicted octanol–water partition coefficient (Wildman–Crippen LogP) is -0.763. The first kappa shape index (κ1) is 4.27. The highest BCUT2D eigenvalue weighted by molar-refractivity contribution is 5.76. The zero-order valence-electron chi connectivity index (χ0n) is 3.10. The largest absolute Gasteiger partial charge is 0.386 e. The molecule has 0 amide bonds. The molecule has 30 valence electrons. The van der Waals surface area contributed by atoms with Crippen LogP contribution in [0.5, 0.6) is 0 Å². The van der Waals surface area contributed by atoms with Crippen LogP contribution < -0.4 is 11.6 Å². The highest BCUT2D eigenvalue weighted by Crippen LogP contribution is 1.46. The van der Waals surface area contributed by atoms with E-state index in [4.69, 9.17) is 5.73 Å². The molecule has 0 aromatic carbocycles. The summed E-state index contributed by atoms with van der Waals surface area (Å²) in [5, 5.41) is 3.08. The van der Waals surface area contributed by atoms with Crippen LogP contribution in [0, 0.1) is 0 Å². The maximum atomic E-state index is 4.92. The Morgan fingerprint density at radius 3 is 2.00 bits per heavy atom. The number of amidine groups is 1. The Kier molecular flexibility index (Phi) is 1.35. The molecular formula is C2H7N3. The van der Waals surface area contributed by atoms with Gasteiger partial charge in [0, 0.05) is 0 Å². The lowest BCUT2D eigenvalue weighted by molar-refractivity contribution is 1.22. The van der Waals surface area contributed by atoms with Crippen molar-refractivity contribution in [2.75, 3.05) is 0 Å². The van der Waals surface area contributed by atoms with Gasteiger partial charge in [-0.15, -0.1) is 0 Å². The Labute approximate surface area is 30.6 Å². The Bertz CT molecular complexity index is 42.9. The van der Waals surface area contributed by atoms with E-state index in [-0.39, 0.29) is 0 Å². The number of hydrazone groups is 1. The van der Waals surface area contributed by atoms with E-state index < -0.39 is 0 Å². The average Bonchev–Trinajstić information content (AvgIpc) is 1.38. The van der Waals surface area contributed by atoms with Gasteiger partial charge in [-0.1, -0.05) is 0 Å². The first-order valence-electron chi connectivity index (χ1n) is 1.27. The fourth-order valence-corrected chi connectivity index (χ4v) is 0. The molecule has 4 N–H and O–H groups in total. The van der Waals surface area contributed by atoms with Crippen LogP contribution >= 0.6 is 0 Å². The fraction of sp³-hybridized carbons (Fsp3) is 0.500. The summed E-state index contributed by atoms with van der Waals surface area (Å²) >= 11 is 0. The Hall–Kier alpha value is -0.730. The normalized spacial score (nSPS) is 11.8. The van der Waals surface area contributed by atoms with Crippen molar-refractivity contribution in [1.82, 2.24) is 0 Å². The molecule has 0 aliphatic rings. The van der Waals surface area contributed by atoms with Crippen LogP contribution in [0.25, 0.3) is 0 Å². The van der Waals surface area contributed by atoms with E-state index in [1.807, 2.05) is 0 Å². The third kappa shape index (κ3) is 3.27. The molecule has 0 rings (SSSR count). The van der Waals surface area contributed by atoms with E-state index in [9.17, 15) is 0 Å². The van der Waals surface area contributed by atoms with Crippen molar-refractivity contribution >= 4 is 5.84 Å². The smallest absolute Gasteiger partial charge is 0.116 e. The second-order valence-corrected chi connectivity index (χ2v) is 0.770. The minimum Gasteiger partial charge on any atom is -0.386 e. The van der Waals surface area contributed by atoms with Crippen molar-refractivity contribution in [1.29, 1.82) is 0 Å². The van der Waals surface area contributed by atoms with Crippen LogP contribution in [0.15, 0.2) is 5.10 Å². The second-order valence-electron chi connectivity index (χ2n) is 0.770. The van der Waals surface area contributed by atoms with E-state index in [1.165, 1.54) is 0 Å². The van der Waals surface area contributed by atoms with Crippen LogP contribution in [0.4, 0.5) is 0 Å². The third-order valence-corrected chi connectivity index (χ3v) is 0.204. The maximum Gasteiger partial charge on any atom is 0.116 e. The van der Waals surface area contributed by atoms with E-state index in [0.717, 1.165) is 0 Å². The summed E-state index contributed by atoms with van der Waals surface area (Å²) in [7, 11) is 0. The molecule has 0 unspecified atom stereocenters. The first-order chi connectivity index (χ1) is 2.27. The number of nitrogens with two attached hydrogens (primary N) is 2. The zero-order valence-corrected chi connectivity index (χ0v) is 3.10. The second kappa shape index (κ2) is 1.58. The first-order valence-corrected chi connectivity index (χ1v) is 1.27. The van der Waals surface area contributed by atoms with Crippen molar-refractivity contribution in [3.05, 3.63) is 0 Å². The number of hydrogen-bond acceptors (Lipinski definition) is 2. The predicted molar refractivity (Wildman–Crippen MR) is 21.5 cm³/mol. The van der Waals surface area contributed by atoms with Crippen molar-refractivity contribution in [2.24, 2.45) is 16.7 Å². The standard InChI is InChI=1S/C2H7N3/c1-2(3)5-4/h4H2,1H3,(H2,3,5). The Balaban J connectivity index is 3.14. The Morgan fingerprint density at radius 1 is 1.80 bits per heavy atom. The molecule has 0 aliphatic carbocycles. The number of hydrogen-bond donors (Lipinski definition) is 2. The molecule has 0 aliphatic heterocycles. The molecule has 0 aromatic heterocycles. The summed E-state index contributed by atoms with van der Waals surface area (Å²) in [6, 6.07) is 0. The monoisotopic (exact) mass is 73.1 g/mol. The summed E-state index contributed by atoms with van der Waals surface area (Å²) in [6.45, 7) is 1.62. The average molecular weight is 73.1 g/mol. The quantitative estimate of drug-likeness (QED) is 0.171. The van der Waals surface area contributed by atoms with Crippen molar-refractivity contribution in [3.8, 4) is 0 Å². The highest BCUT2D eigenvalue weighted by Gasteiger charge is 1.62. The van der Waals surface area contributed by atoms with E-state index in [2.05, 4.69) is 10.9 Å². The van der Waals surface area contributed by atoms with Gasteiger partial charge >= 0.3 is 0 Å². The number of rotatable bonds is 0. The van der Waals surface area contributed by atoms with E-state index >= 15 is 0 Å². The van der Waals surface area contributed by atoms with Gasteiger partial charge in [0.2, 0.25) is 0 Å². The van der Waals surface area contributed by atoms with Crippen LogP contribution in [0.2, 0.25) is 0 Å². The minimum absolute atomic E-state index is 0.407. The molecule has 0 saturated heterocycles. The molecule has 0 bridgehead atoms. The summed E-state index contributed by atoms with van der Waals surface area (Å²) in [5.74, 6) is 5.04. The zero-order chi connectivity index (χ0) is 4.28. The summed E-state index contributed by atoms with van der Waals surface area (Å²) < 4.78 is 0. The van der Waals surface area contributed by atoms with Gasteiger partial charge in [0.1, 0.15) is 5.84 Å². The molecule has 3 heteroatoms. The minimum atomic E-state index is 0.407. The fourth-order valence-electron chi connectivity index (χ4n) is 0. The van der Waals surface area contributed by atoms with Gasteiger partial charge in [0.05, 0.1) is 0 Å². The summed E-state index contributed by atoms with van der Waals surface area (Å²) in [5.41, 5.74) is 4.92. The molecule has 5 heavy (non-hydrogen) atoms. The van der Waals surface area contributed by atoms with Crippen molar-refractivity contribution < 1.29 is 0 Å². The molecule has 0 atom stereocenters. The van der Waals surface area contributed by atoms with Crippen LogP contribution in [-0.2, 0) is 0 Å². The van der Waals surface area contributed by atoms with Gasteiger partial charge in [-0.2, -0.15) is 5.10 Å². The van der Waals surface area contributed by atoms with E-state index in [0.29, 0.717) is 5.84 Å². The van der Waals surface area contributed by atoms with Crippen molar-refractivity contribution in [2.45, 2.75) is 6.92 Å². The molecule has 0 saturated carbocycles. The van der Waals surface area contributed by atoms with Crippen LogP contribution in [-0.4, -0.2) is 5.84 Å². The van der Waals surface area contributed by atoms with Gasteiger partial charge in [0.15, 0.2) is 0 Å². The van der Waals surface area contributed by atoms with Crippen LogP contribution in [0.1, 0.15) is 6.92 Å². The van der Waals surface area contributed by atoms with Gasteiger partial charge in [-0.25, -0.2) is 0 Å². The van der Waals surface area contributed by atoms with Crippen molar-refractivity contribution in [3.63, 3.8) is 0 Å². The van der Waals surface area contributed by atoms with Crippen LogP contribution in [0.3, 0.4) is 0 Å². The molecular weight excluding hydrogens is 66.0 g/mol. The van der Waals surface area contributed by atoms with E-state index in [1.54, 1.807) is 6.92 Å². The SMILES string of the molecule is C/C(N)=N/N. The molecule has 0 fully saturated rings. The lowest BCUT2D eigenvalue weighted by Gasteiger charge is -1.75. The van der Waals surface area contributed by atoms with Gasteiger partial charge < -0.3 is 11.6 Å². The summed E-state index contributed by atoms with van der Waals surface area (Å²) in [4.78, 5) is 0. The molecule has 0 heterocycles. The number of nitrogens with zero attached hydrogens (tertiary/aromatic N) is 1. The van der Waals surface area contributed by atoms with Gasteiger partial charge in [-0.3, -0.25) is 0 Å². The summed E-state index contributed by atoms with van der Waals surface area (Å²) in [6.07, 6.45) is 0.